The highest BCUT2D eigenvalue weighted by Crippen LogP contribution is 2.32. The Hall–Kier alpha value is -1.02. The van der Waals surface area contributed by atoms with Gasteiger partial charge in [0.1, 0.15) is 5.75 Å². The molecular weight excluding hydrogens is 222 g/mol. The van der Waals surface area contributed by atoms with E-state index in [1.807, 2.05) is 0 Å². The van der Waals surface area contributed by atoms with Gasteiger partial charge in [-0.05, 0) is 55.3 Å². The highest BCUT2D eigenvalue weighted by Gasteiger charge is 2.17. The molecule has 1 aromatic carbocycles. The molecule has 1 heterocycles. The van der Waals surface area contributed by atoms with Crippen molar-refractivity contribution >= 4 is 0 Å². The molecule has 0 aliphatic carbocycles. The van der Waals surface area contributed by atoms with Crippen molar-refractivity contribution in [2.45, 2.75) is 39.0 Å². The fraction of sp³-hybridized carbons (Fsp3) is 0.625. The summed E-state index contributed by atoms with van der Waals surface area (Å²) in [5.74, 6) is 2.45. The van der Waals surface area contributed by atoms with Crippen LogP contribution in [0.5, 0.6) is 5.75 Å². The molecule has 0 spiro atoms. The summed E-state index contributed by atoms with van der Waals surface area (Å²) in [6.07, 6.45) is 3.73. The summed E-state index contributed by atoms with van der Waals surface area (Å²) in [7, 11) is 1.80. The number of piperidine rings is 1. The number of rotatable bonds is 4. The van der Waals surface area contributed by atoms with Gasteiger partial charge in [-0.2, -0.15) is 0 Å². The lowest BCUT2D eigenvalue weighted by atomic mass is 9.88. The van der Waals surface area contributed by atoms with Gasteiger partial charge in [-0.3, -0.25) is 0 Å². The SMILES string of the molecule is COc1c(CC2CCNCC2)cccc1C(C)C. The van der Waals surface area contributed by atoms with E-state index in [-0.39, 0.29) is 0 Å². The van der Waals surface area contributed by atoms with E-state index in [0.717, 1.165) is 31.2 Å². The van der Waals surface area contributed by atoms with Crippen LogP contribution < -0.4 is 10.1 Å². The molecule has 0 amide bonds. The Labute approximate surface area is 111 Å². The lowest BCUT2D eigenvalue weighted by Gasteiger charge is -2.24. The second-order valence-corrected chi connectivity index (χ2v) is 5.59. The van der Waals surface area contributed by atoms with Crippen LogP contribution >= 0.6 is 0 Å². The Bertz CT molecular complexity index is 381. The fourth-order valence-corrected chi connectivity index (χ4v) is 2.87. The van der Waals surface area contributed by atoms with Crippen LogP contribution in [0.3, 0.4) is 0 Å². The first-order chi connectivity index (χ1) is 8.72. The van der Waals surface area contributed by atoms with E-state index in [1.165, 1.54) is 24.0 Å². The third-order valence-corrected chi connectivity index (χ3v) is 3.92. The Balaban J connectivity index is 2.18. The summed E-state index contributed by atoms with van der Waals surface area (Å²) in [4.78, 5) is 0. The maximum atomic E-state index is 5.66. The molecule has 0 aromatic heterocycles. The van der Waals surface area contributed by atoms with Gasteiger partial charge in [0.25, 0.3) is 0 Å². The minimum atomic E-state index is 0.521. The molecule has 0 atom stereocenters. The zero-order valence-electron chi connectivity index (χ0n) is 11.8. The molecule has 0 bridgehead atoms. The average Bonchev–Trinajstić information content (AvgIpc) is 2.39. The third kappa shape index (κ3) is 3.05. The van der Waals surface area contributed by atoms with Crippen molar-refractivity contribution < 1.29 is 4.74 Å². The van der Waals surface area contributed by atoms with Crippen molar-refractivity contribution in [3.8, 4) is 5.75 Å². The van der Waals surface area contributed by atoms with Crippen molar-refractivity contribution in [1.82, 2.24) is 5.32 Å². The smallest absolute Gasteiger partial charge is 0.125 e. The van der Waals surface area contributed by atoms with Gasteiger partial charge in [0.05, 0.1) is 7.11 Å². The average molecular weight is 247 g/mol. The molecule has 1 aliphatic heterocycles. The second kappa shape index (κ2) is 6.24. The van der Waals surface area contributed by atoms with Crippen LogP contribution in [0.25, 0.3) is 0 Å². The molecule has 1 fully saturated rings. The van der Waals surface area contributed by atoms with Crippen LogP contribution in [0.15, 0.2) is 18.2 Å². The predicted octanol–water partition coefficient (Wildman–Crippen LogP) is 3.36. The van der Waals surface area contributed by atoms with Crippen molar-refractivity contribution in [2.75, 3.05) is 20.2 Å². The van der Waals surface area contributed by atoms with Crippen LogP contribution in [0.4, 0.5) is 0 Å². The monoisotopic (exact) mass is 247 g/mol. The van der Waals surface area contributed by atoms with Gasteiger partial charge in [-0.25, -0.2) is 0 Å². The Morgan fingerprint density at radius 1 is 1.28 bits per heavy atom. The Kier molecular flexibility index (Phi) is 4.65. The first kappa shape index (κ1) is 13.4. The lowest BCUT2D eigenvalue weighted by molar-refractivity contribution is 0.359. The summed E-state index contributed by atoms with van der Waals surface area (Å²) < 4.78 is 5.66. The van der Waals surface area contributed by atoms with Crippen LogP contribution in [0, 0.1) is 5.92 Å². The van der Waals surface area contributed by atoms with Crippen molar-refractivity contribution in [3.63, 3.8) is 0 Å². The summed E-state index contributed by atoms with van der Waals surface area (Å²) in [5, 5.41) is 3.43. The molecule has 2 rings (SSSR count). The normalized spacial score (nSPS) is 17.1. The zero-order chi connectivity index (χ0) is 13.0. The summed E-state index contributed by atoms with van der Waals surface area (Å²) in [6, 6.07) is 6.59. The molecule has 2 heteroatoms. The van der Waals surface area contributed by atoms with Crippen molar-refractivity contribution in [3.05, 3.63) is 29.3 Å². The van der Waals surface area contributed by atoms with Gasteiger partial charge in [0.15, 0.2) is 0 Å². The number of methoxy groups -OCH3 is 1. The van der Waals surface area contributed by atoms with Crippen LogP contribution in [0.2, 0.25) is 0 Å². The molecule has 1 N–H and O–H groups in total. The molecule has 1 aliphatic rings. The molecule has 1 saturated heterocycles. The largest absolute Gasteiger partial charge is 0.496 e. The molecule has 0 unspecified atom stereocenters. The third-order valence-electron chi connectivity index (χ3n) is 3.92. The molecule has 2 nitrogen and oxygen atoms in total. The molecule has 18 heavy (non-hydrogen) atoms. The number of nitrogens with one attached hydrogen (secondary N) is 1. The Morgan fingerprint density at radius 2 is 2.00 bits per heavy atom. The van der Waals surface area contributed by atoms with E-state index < -0.39 is 0 Å². The quantitative estimate of drug-likeness (QED) is 0.881. The van der Waals surface area contributed by atoms with Crippen LogP contribution in [-0.4, -0.2) is 20.2 Å². The topological polar surface area (TPSA) is 21.3 Å². The number of hydrogen-bond donors (Lipinski definition) is 1. The Morgan fingerprint density at radius 3 is 2.61 bits per heavy atom. The van der Waals surface area contributed by atoms with Crippen molar-refractivity contribution in [2.24, 2.45) is 5.92 Å². The molecule has 1 aromatic rings. The summed E-state index contributed by atoms with van der Waals surface area (Å²) >= 11 is 0. The molecule has 0 radical (unpaired) electrons. The zero-order valence-corrected chi connectivity index (χ0v) is 11.8. The van der Waals surface area contributed by atoms with Gasteiger partial charge < -0.3 is 10.1 Å². The fourth-order valence-electron chi connectivity index (χ4n) is 2.87. The summed E-state index contributed by atoms with van der Waals surface area (Å²) in [6.45, 7) is 6.78. The predicted molar refractivity (Wildman–Crippen MR) is 76.4 cm³/mol. The van der Waals surface area contributed by atoms with E-state index >= 15 is 0 Å². The maximum absolute atomic E-state index is 5.66. The highest BCUT2D eigenvalue weighted by atomic mass is 16.5. The van der Waals surface area contributed by atoms with E-state index in [0.29, 0.717) is 5.92 Å². The van der Waals surface area contributed by atoms with Gasteiger partial charge in [-0.15, -0.1) is 0 Å². The second-order valence-electron chi connectivity index (χ2n) is 5.59. The van der Waals surface area contributed by atoms with Gasteiger partial charge in [0, 0.05) is 0 Å². The number of ether oxygens (including phenoxy) is 1. The number of hydrogen-bond acceptors (Lipinski definition) is 2. The minimum absolute atomic E-state index is 0.521. The first-order valence-electron chi connectivity index (χ1n) is 7.09. The highest BCUT2D eigenvalue weighted by molar-refractivity contribution is 5.43. The summed E-state index contributed by atoms with van der Waals surface area (Å²) in [5.41, 5.74) is 2.72. The van der Waals surface area contributed by atoms with E-state index in [2.05, 4.69) is 37.4 Å². The van der Waals surface area contributed by atoms with E-state index in [9.17, 15) is 0 Å². The molecular formula is C16H25NO. The van der Waals surface area contributed by atoms with Crippen LogP contribution in [-0.2, 0) is 6.42 Å². The van der Waals surface area contributed by atoms with Crippen LogP contribution in [0.1, 0.15) is 43.7 Å². The van der Waals surface area contributed by atoms with Gasteiger partial charge in [-0.1, -0.05) is 32.0 Å². The molecule has 100 valence electrons. The lowest BCUT2D eigenvalue weighted by Crippen LogP contribution is -2.28. The number of para-hydroxylation sites is 1. The van der Waals surface area contributed by atoms with Crippen molar-refractivity contribution in [1.29, 1.82) is 0 Å². The van der Waals surface area contributed by atoms with Gasteiger partial charge >= 0.3 is 0 Å². The number of benzene rings is 1. The van der Waals surface area contributed by atoms with Gasteiger partial charge in [0.2, 0.25) is 0 Å². The molecule has 0 saturated carbocycles. The van der Waals surface area contributed by atoms with E-state index in [4.69, 9.17) is 4.74 Å². The first-order valence-corrected chi connectivity index (χ1v) is 7.09. The maximum Gasteiger partial charge on any atom is 0.125 e. The minimum Gasteiger partial charge on any atom is -0.496 e. The van der Waals surface area contributed by atoms with E-state index in [1.54, 1.807) is 7.11 Å². The standard InChI is InChI=1S/C16H25NO/c1-12(2)15-6-4-5-14(16(15)18-3)11-13-7-9-17-10-8-13/h4-6,12-13,17H,7-11H2,1-3H3.